The third-order valence-corrected chi connectivity index (χ3v) is 2.63. The zero-order chi connectivity index (χ0) is 13.0. The lowest BCUT2D eigenvalue weighted by Crippen LogP contribution is -2.22. The summed E-state index contributed by atoms with van der Waals surface area (Å²) in [5.74, 6) is -0.115. The third-order valence-electron chi connectivity index (χ3n) is 2.63. The Morgan fingerprint density at radius 3 is 2.24 bits per heavy atom. The molecule has 1 aromatic rings. The monoisotopic (exact) mass is 232 g/mol. The van der Waals surface area contributed by atoms with Crippen LogP contribution in [0.15, 0.2) is 17.2 Å². The maximum Gasteiger partial charge on any atom is 0.242 e. The summed E-state index contributed by atoms with van der Waals surface area (Å²) in [5.41, 5.74) is 7.18. The summed E-state index contributed by atoms with van der Waals surface area (Å²) in [6, 6.07) is 4.22. The minimum atomic E-state index is -0.0660. The minimum Gasteiger partial charge on any atom is -0.273 e. The van der Waals surface area contributed by atoms with Gasteiger partial charge in [-0.25, -0.2) is 5.43 Å². The first-order valence-electron chi connectivity index (χ1n) is 5.82. The van der Waals surface area contributed by atoms with Gasteiger partial charge in [-0.2, -0.15) is 5.10 Å². The number of hydrogen-bond donors (Lipinski definition) is 1. The van der Waals surface area contributed by atoms with E-state index >= 15 is 0 Å². The number of nitrogens with one attached hydrogen (secondary N) is 1. The van der Waals surface area contributed by atoms with Gasteiger partial charge < -0.3 is 0 Å². The van der Waals surface area contributed by atoms with Gasteiger partial charge in [-0.3, -0.25) is 4.79 Å². The summed E-state index contributed by atoms with van der Waals surface area (Å²) in [4.78, 5) is 11.3. The molecule has 0 aliphatic heterocycles. The number of rotatable bonds is 3. The highest BCUT2D eigenvalue weighted by molar-refractivity contribution is 5.85. The molecule has 3 nitrogen and oxygen atoms in total. The third kappa shape index (κ3) is 3.70. The molecule has 0 fully saturated rings. The van der Waals surface area contributed by atoms with E-state index in [1.54, 1.807) is 6.21 Å². The molecule has 92 valence electrons. The van der Waals surface area contributed by atoms with Gasteiger partial charge >= 0.3 is 0 Å². The van der Waals surface area contributed by atoms with Crippen molar-refractivity contribution in [2.45, 2.75) is 34.6 Å². The van der Waals surface area contributed by atoms with Crippen LogP contribution in [0.2, 0.25) is 0 Å². The van der Waals surface area contributed by atoms with Crippen molar-refractivity contribution in [3.63, 3.8) is 0 Å². The van der Waals surface area contributed by atoms with Gasteiger partial charge in [0.25, 0.3) is 0 Å². The van der Waals surface area contributed by atoms with Crippen LogP contribution in [0.25, 0.3) is 0 Å². The highest BCUT2D eigenvalue weighted by Gasteiger charge is 2.05. The predicted molar refractivity (Wildman–Crippen MR) is 71.2 cm³/mol. The fourth-order valence-electron chi connectivity index (χ4n) is 1.68. The van der Waals surface area contributed by atoms with Crippen molar-refractivity contribution in [3.05, 3.63) is 34.4 Å². The molecule has 0 saturated heterocycles. The molecule has 1 amide bonds. The molecule has 1 rings (SSSR count). The van der Waals surface area contributed by atoms with Crippen LogP contribution >= 0.6 is 0 Å². The van der Waals surface area contributed by atoms with Crippen LogP contribution in [0, 0.1) is 26.7 Å². The first kappa shape index (κ1) is 13.4. The van der Waals surface area contributed by atoms with Crippen LogP contribution in [0.4, 0.5) is 0 Å². The Morgan fingerprint density at radius 2 is 1.76 bits per heavy atom. The van der Waals surface area contributed by atoms with Gasteiger partial charge in [-0.05, 0) is 31.9 Å². The largest absolute Gasteiger partial charge is 0.273 e. The molecule has 0 aliphatic rings. The Kier molecular flexibility index (Phi) is 4.44. The average molecular weight is 232 g/mol. The van der Waals surface area contributed by atoms with Crippen molar-refractivity contribution in [1.82, 2.24) is 5.43 Å². The molecule has 0 aliphatic carbocycles. The van der Waals surface area contributed by atoms with Gasteiger partial charge in [-0.15, -0.1) is 0 Å². The molecule has 0 heterocycles. The van der Waals surface area contributed by atoms with Crippen molar-refractivity contribution < 1.29 is 4.79 Å². The Hall–Kier alpha value is -1.64. The number of aryl methyl sites for hydroxylation is 3. The van der Waals surface area contributed by atoms with Crippen molar-refractivity contribution in [2.75, 3.05) is 0 Å². The predicted octanol–water partition coefficient (Wildman–Crippen LogP) is 2.72. The lowest BCUT2D eigenvalue weighted by atomic mass is 10.0. The standard InChI is InChI=1S/C14H20N2O/c1-9(2)14(17)16-15-8-13-11(4)6-10(3)7-12(13)5/h6-9H,1-5H3,(H,16,17)/b15-8+. The van der Waals surface area contributed by atoms with E-state index in [1.807, 2.05) is 27.7 Å². The van der Waals surface area contributed by atoms with Crippen molar-refractivity contribution >= 4 is 12.1 Å². The number of hydrazone groups is 1. The van der Waals surface area contributed by atoms with Gasteiger partial charge in [0.15, 0.2) is 0 Å². The van der Waals surface area contributed by atoms with Gasteiger partial charge in [0.05, 0.1) is 6.21 Å². The fraction of sp³-hybridized carbons (Fsp3) is 0.429. The maximum atomic E-state index is 11.3. The summed E-state index contributed by atoms with van der Waals surface area (Å²) in [6.07, 6.45) is 1.71. The Balaban J connectivity index is 2.82. The number of amides is 1. The quantitative estimate of drug-likeness (QED) is 0.632. The van der Waals surface area contributed by atoms with Crippen LogP contribution in [0.3, 0.4) is 0 Å². The molecule has 3 heteroatoms. The van der Waals surface area contributed by atoms with Gasteiger partial charge in [0, 0.05) is 11.5 Å². The zero-order valence-corrected chi connectivity index (χ0v) is 11.2. The van der Waals surface area contributed by atoms with E-state index in [4.69, 9.17) is 0 Å². The second-order valence-electron chi connectivity index (χ2n) is 4.70. The van der Waals surface area contributed by atoms with Crippen LogP contribution in [0.1, 0.15) is 36.1 Å². The Labute approximate surface area is 103 Å². The smallest absolute Gasteiger partial charge is 0.242 e. The van der Waals surface area contributed by atoms with Gasteiger partial charge in [-0.1, -0.05) is 31.5 Å². The topological polar surface area (TPSA) is 41.5 Å². The normalized spacial score (nSPS) is 11.2. The first-order chi connectivity index (χ1) is 7.91. The van der Waals surface area contributed by atoms with Crippen LogP contribution in [-0.4, -0.2) is 12.1 Å². The summed E-state index contributed by atoms with van der Waals surface area (Å²) in [7, 11) is 0. The summed E-state index contributed by atoms with van der Waals surface area (Å²) in [5, 5.41) is 3.99. The molecule has 17 heavy (non-hydrogen) atoms. The number of benzene rings is 1. The fourth-order valence-corrected chi connectivity index (χ4v) is 1.68. The average Bonchev–Trinajstić information content (AvgIpc) is 2.21. The van der Waals surface area contributed by atoms with E-state index in [9.17, 15) is 4.79 Å². The van der Waals surface area contributed by atoms with Gasteiger partial charge in [0.2, 0.25) is 5.91 Å². The second kappa shape index (κ2) is 5.62. The lowest BCUT2D eigenvalue weighted by Gasteiger charge is -2.07. The molecule has 0 atom stereocenters. The molecule has 0 aromatic heterocycles. The van der Waals surface area contributed by atoms with Crippen LogP contribution < -0.4 is 5.43 Å². The number of nitrogens with zero attached hydrogens (tertiary/aromatic N) is 1. The van der Waals surface area contributed by atoms with E-state index in [2.05, 4.69) is 29.6 Å². The van der Waals surface area contributed by atoms with E-state index in [0.717, 1.165) is 5.56 Å². The lowest BCUT2D eigenvalue weighted by molar-refractivity contribution is -0.123. The molecule has 0 saturated carbocycles. The van der Waals surface area contributed by atoms with Crippen LogP contribution in [0.5, 0.6) is 0 Å². The number of carbonyl (C=O) groups excluding carboxylic acids is 1. The molecule has 1 aromatic carbocycles. The van der Waals surface area contributed by atoms with E-state index in [-0.39, 0.29) is 11.8 Å². The highest BCUT2D eigenvalue weighted by atomic mass is 16.2. The van der Waals surface area contributed by atoms with E-state index < -0.39 is 0 Å². The van der Waals surface area contributed by atoms with Crippen molar-refractivity contribution in [1.29, 1.82) is 0 Å². The minimum absolute atomic E-state index is 0.0487. The number of carbonyl (C=O) groups is 1. The first-order valence-corrected chi connectivity index (χ1v) is 5.82. The van der Waals surface area contributed by atoms with Crippen LogP contribution in [-0.2, 0) is 4.79 Å². The second-order valence-corrected chi connectivity index (χ2v) is 4.70. The molecular weight excluding hydrogens is 212 g/mol. The molecule has 1 N–H and O–H groups in total. The number of hydrogen-bond acceptors (Lipinski definition) is 2. The molecule has 0 bridgehead atoms. The summed E-state index contributed by atoms with van der Waals surface area (Å²) >= 11 is 0. The molecule has 0 radical (unpaired) electrons. The summed E-state index contributed by atoms with van der Waals surface area (Å²) in [6.45, 7) is 9.85. The SMILES string of the molecule is Cc1cc(C)c(/C=N/NC(=O)C(C)C)c(C)c1. The molecule has 0 spiro atoms. The molecule has 0 unspecified atom stereocenters. The maximum absolute atomic E-state index is 11.3. The van der Waals surface area contributed by atoms with E-state index in [1.165, 1.54) is 16.7 Å². The van der Waals surface area contributed by atoms with Gasteiger partial charge in [0.1, 0.15) is 0 Å². The van der Waals surface area contributed by atoms with Crippen molar-refractivity contribution in [3.8, 4) is 0 Å². The Morgan fingerprint density at radius 1 is 1.24 bits per heavy atom. The Bertz CT molecular complexity index is 425. The zero-order valence-electron chi connectivity index (χ0n) is 11.2. The molecular formula is C14H20N2O. The van der Waals surface area contributed by atoms with E-state index in [0.29, 0.717) is 0 Å². The highest BCUT2D eigenvalue weighted by Crippen LogP contribution is 2.13. The summed E-state index contributed by atoms with van der Waals surface area (Å²) < 4.78 is 0. The van der Waals surface area contributed by atoms with Crippen molar-refractivity contribution in [2.24, 2.45) is 11.0 Å².